The Morgan fingerprint density at radius 1 is 1.16 bits per heavy atom. The van der Waals surface area contributed by atoms with Gasteiger partial charge in [0.25, 0.3) is 0 Å². The highest BCUT2D eigenvalue weighted by Gasteiger charge is 2.36. The molecule has 0 amide bonds. The molecule has 0 spiro atoms. The molecule has 1 saturated heterocycles. The highest BCUT2D eigenvalue weighted by Crippen LogP contribution is 2.44. The van der Waals surface area contributed by atoms with Gasteiger partial charge in [-0.1, -0.05) is 23.2 Å². The largest absolute Gasteiger partial charge is 0.507 e. The molecule has 0 unspecified atom stereocenters. The minimum Gasteiger partial charge on any atom is -0.507 e. The van der Waals surface area contributed by atoms with E-state index in [0.29, 0.717) is 18.5 Å². The Kier molecular flexibility index (Phi) is 6.74. The molecule has 1 aromatic heterocycles. The highest BCUT2D eigenvalue weighted by atomic mass is 35.5. The minimum absolute atomic E-state index is 0. The van der Waals surface area contributed by atoms with E-state index in [1.54, 1.807) is 0 Å². The first-order valence-electron chi connectivity index (χ1n) is 9.21. The normalized spacial score (nSPS) is 19.0. The minimum atomic E-state index is -0.740. The van der Waals surface area contributed by atoms with Crippen LogP contribution < -0.4 is 5.43 Å². The second-order valence-corrected chi connectivity index (χ2v) is 8.19. The average Bonchev–Trinajstić information content (AvgIpc) is 3.04. The first-order valence-corrected chi connectivity index (χ1v) is 9.97. The topological polar surface area (TPSA) is 94.1 Å². The Morgan fingerprint density at radius 3 is 2.55 bits per heavy atom. The van der Waals surface area contributed by atoms with Crippen LogP contribution in [0.2, 0.25) is 10.0 Å². The number of benzene rings is 2. The van der Waals surface area contributed by atoms with Gasteiger partial charge in [-0.05, 0) is 32.1 Å². The molecule has 1 aliphatic heterocycles. The summed E-state index contributed by atoms with van der Waals surface area (Å²) < 4.78 is 20.0. The predicted octanol–water partition coefficient (Wildman–Crippen LogP) is 4.52. The summed E-state index contributed by atoms with van der Waals surface area (Å²) in [7, 11) is 1.85. The number of likely N-dealkylation sites (N-methyl/N-ethyl adjacent to an activating group) is 1. The van der Waals surface area contributed by atoms with Gasteiger partial charge >= 0.3 is 0 Å². The smallest absolute Gasteiger partial charge is 0.197 e. The molecule has 0 saturated carbocycles. The molecule has 10 heteroatoms. The zero-order chi connectivity index (χ0) is 21.7. The lowest BCUT2D eigenvalue weighted by Crippen LogP contribution is -2.32. The van der Waals surface area contributed by atoms with E-state index in [2.05, 4.69) is 0 Å². The average molecular weight is 491 g/mol. The number of phenolic OH excluding ortho intramolecular Hbond substituents is 2. The Bertz CT molecular complexity index is 1220. The fourth-order valence-electron chi connectivity index (χ4n) is 4.14. The zero-order valence-corrected chi connectivity index (χ0v) is 18.6. The van der Waals surface area contributed by atoms with Crippen LogP contribution in [0, 0.1) is 5.82 Å². The van der Waals surface area contributed by atoms with Crippen molar-refractivity contribution in [1.82, 2.24) is 4.90 Å². The number of fused-ring (bicyclic) bond motifs is 1. The Morgan fingerprint density at radius 2 is 1.87 bits per heavy atom. The molecule has 2 aromatic carbocycles. The first-order chi connectivity index (χ1) is 14.2. The Hall–Kier alpha value is -2.03. The number of rotatable bonds is 3. The van der Waals surface area contributed by atoms with Crippen LogP contribution in [0.5, 0.6) is 11.5 Å². The number of hydrogen-bond donors (Lipinski definition) is 3. The third-order valence-electron chi connectivity index (χ3n) is 5.65. The molecule has 3 aromatic rings. The Balaban J connectivity index is 0.00000272. The molecule has 166 valence electrons. The molecule has 0 aliphatic carbocycles. The van der Waals surface area contributed by atoms with E-state index in [4.69, 9.17) is 27.6 Å². The van der Waals surface area contributed by atoms with Gasteiger partial charge in [-0.3, -0.25) is 4.79 Å². The number of aromatic hydroxyl groups is 2. The quantitative estimate of drug-likeness (QED) is 0.468. The molecule has 1 fully saturated rings. The van der Waals surface area contributed by atoms with Crippen molar-refractivity contribution in [2.45, 2.75) is 18.4 Å². The van der Waals surface area contributed by atoms with Crippen LogP contribution in [0.4, 0.5) is 4.39 Å². The summed E-state index contributed by atoms with van der Waals surface area (Å²) in [6, 6.07) is 4.13. The van der Waals surface area contributed by atoms with Gasteiger partial charge in [0.1, 0.15) is 34.0 Å². The lowest BCUT2D eigenvalue weighted by molar-refractivity contribution is 0.172. The third-order valence-corrected chi connectivity index (χ3v) is 6.26. The maximum Gasteiger partial charge on any atom is 0.197 e. The maximum atomic E-state index is 14.0. The van der Waals surface area contributed by atoms with Crippen molar-refractivity contribution in [1.29, 1.82) is 0 Å². The fraction of sp³-hybridized carbons (Fsp3) is 0.286. The molecule has 4 rings (SSSR count). The molecule has 3 N–H and O–H groups in total. The summed E-state index contributed by atoms with van der Waals surface area (Å²) in [5, 5.41) is 30.5. The van der Waals surface area contributed by atoms with Gasteiger partial charge in [0.05, 0.1) is 16.7 Å². The van der Waals surface area contributed by atoms with E-state index >= 15 is 0 Å². The third kappa shape index (κ3) is 3.97. The number of aliphatic hydroxyl groups excluding tert-OH is 1. The fourth-order valence-corrected chi connectivity index (χ4v) is 4.61. The van der Waals surface area contributed by atoms with Crippen LogP contribution in [-0.2, 0) is 0 Å². The molecular weight excluding hydrogens is 472 g/mol. The van der Waals surface area contributed by atoms with Crippen LogP contribution in [0.3, 0.4) is 0 Å². The van der Waals surface area contributed by atoms with Crippen LogP contribution in [0.15, 0.2) is 33.5 Å². The summed E-state index contributed by atoms with van der Waals surface area (Å²) >= 11 is 11.9. The summed E-state index contributed by atoms with van der Waals surface area (Å²) in [6.07, 6.45) is 0.597. The van der Waals surface area contributed by atoms with Crippen LogP contribution in [0.25, 0.3) is 22.3 Å². The summed E-state index contributed by atoms with van der Waals surface area (Å²) in [5.41, 5.74) is -0.201. The summed E-state index contributed by atoms with van der Waals surface area (Å²) in [5.74, 6) is -1.82. The van der Waals surface area contributed by atoms with E-state index in [0.717, 1.165) is 18.2 Å². The number of hydrogen-bond acceptors (Lipinski definition) is 6. The SMILES string of the molecule is CN1CC[C@@H](c2c(O)cc(O)c3c(=O)cc(-c4cc(F)c(Cl)cc4Cl)oc23)[C@@H]1CO.Cl. The van der Waals surface area contributed by atoms with Gasteiger partial charge in [-0.2, -0.15) is 0 Å². The molecule has 0 bridgehead atoms. The van der Waals surface area contributed by atoms with Crippen LogP contribution in [0.1, 0.15) is 17.9 Å². The van der Waals surface area contributed by atoms with Crippen molar-refractivity contribution in [3.05, 3.63) is 55.9 Å². The number of halogens is 4. The number of phenols is 2. The predicted molar refractivity (Wildman–Crippen MR) is 119 cm³/mol. The van der Waals surface area contributed by atoms with Crippen molar-refractivity contribution >= 4 is 46.6 Å². The monoisotopic (exact) mass is 489 g/mol. The molecule has 2 atom stereocenters. The van der Waals surface area contributed by atoms with Crippen molar-refractivity contribution in [2.24, 2.45) is 0 Å². The first kappa shape index (κ1) is 23.6. The molecule has 1 aliphatic rings. The van der Waals surface area contributed by atoms with E-state index in [-0.39, 0.29) is 69.1 Å². The van der Waals surface area contributed by atoms with Crippen molar-refractivity contribution in [3.8, 4) is 22.8 Å². The van der Waals surface area contributed by atoms with E-state index in [1.807, 2.05) is 11.9 Å². The molecule has 0 radical (unpaired) electrons. The van der Waals surface area contributed by atoms with Gasteiger partial charge in [-0.15, -0.1) is 12.4 Å². The maximum absolute atomic E-state index is 14.0. The number of nitrogens with zero attached hydrogens (tertiary/aromatic N) is 1. The van der Waals surface area contributed by atoms with Crippen molar-refractivity contribution < 1.29 is 24.1 Å². The second kappa shape index (κ2) is 8.84. The van der Waals surface area contributed by atoms with E-state index in [1.165, 1.54) is 6.07 Å². The standard InChI is InChI=1S/C21H18Cl2FNO5.ClH/c1-25-3-2-9(14(25)8-26)19-15(27)6-16(28)20-17(29)7-18(30-21(19)20)10-4-13(24)12(23)5-11(10)22;/h4-7,9,14,26-28H,2-3,8H2,1H3;1H/t9-,14+;/m1./s1. The lowest BCUT2D eigenvalue weighted by atomic mass is 9.89. The molecular formula is C21H19Cl3FNO5. The highest BCUT2D eigenvalue weighted by molar-refractivity contribution is 6.36. The van der Waals surface area contributed by atoms with Crippen molar-refractivity contribution in [2.75, 3.05) is 20.2 Å². The Labute approximate surface area is 192 Å². The van der Waals surface area contributed by atoms with E-state index < -0.39 is 17.0 Å². The van der Waals surface area contributed by atoms with Gasteiger partial charge < -0.3 is 24.6 Å². The summed E-state index contributed by atoms with van der Waals surface area (Å²) in [6.45, 7) is 0.497. The zero-order valence-electron chi connectivity index (χ0n) is 16.2. The van der Waals surface area contributed by atoms with Gasteiger partial charge in [-0.25, -0.2) is 4.39 Å². The van der Waals surface area contributed by atoms with Crippen molar-refractivity contribution in [3.63, 3.8) is 0 Å². The lowest BCUT2D eigenvalue weighted by Gasteiger charge is -2.24. The van der Waals surface area contributed by atoms with Gasteiger partial charge in [0, 0.05) is 35.2 Å². The second-order valence-electron chi connectivity index (χ2n) is 7.38. The summed E-state index contributed by atoms with van der Waals surface area (Å²) in [4.78, 5) is 14.8. The van der Waals surface area contributed by atoms with Gasteiger partial charge in [0.2, 0.25) is 0 Å². The molecule has 31 heavy (non-hydrogen) atoms. The van der Waals surface area contributed by atoms with Crippen LogP contribution in [-0.4, -0.2) is 46.5 Å². The molecule has 2 heterocycles. The number of likely N-dealkylation sites (tertiary alicyclic amines) is 1. The van der Waals surface area contributed by atoms with Gasteiger partial charge in [0.15, 0.2) is 5.43 Å². The number of aliphatic hydroxyl groups is 1. The van der Waals surface area contributed by atoms with E-state index in [9.17, 15) is 24.5 Å². The molecule has 6 nitrogen and oxygen atoms in total. The van der Waals surface area contributed by atoms with Crippen LogP contribution >= 0.6 is 35.6 Å².